The molecule has 0 amide bonds. The quantitative estimate of drug-likeness (QED) is 0.613. The van der Waals surface area contributed by atoms with E-state index in [9.17, 15) is 5.21 Å². The first-order chi connectivity index (χ1) is 7.27. The van der Waals surface area contributed by atoms with E-state index in [2.05, 4.69) is 4.98 Å². The molecule has 0 saturated heterocycles. The van der Waals surface area contributed by atoms with Crippen molar-refractivity contribution in [2.75, 3.05) is 5.73 Å². The highest BCUT2D eigenvalue weighted by molar-refractivity contribution is 7.99. The highest BCUT2D eigenvalue weighted by Gasteiger charge is 2.07. The van der Waals surface area contributed by atoms with Crippen LogP contribution >= 0.6 is 11.8 Å². The van der Waals surface area contributed by atoms with E-state index in [1.165, 1.54) is 11.8 Å². The van der Waals surface area contributed by atoms with Crippen molar-refractivity contribution < 1.29 is 4.73 Å². The summed E-state index contributed by atoms with van der Waals surface area (Å²) in [5.41, 5.74) is 5.62. The minimum Gasteiger partial charge on any atom is -0.740 e. The summed E-state index contributed by atoms with van der Waals surface area (Å²) in [6, 6.07) is 9.70. The molecule has 0 aliphatic heterocycles. The van der Waals surface area contributed by atoms with Crippen LogP contribution in [-0.4, -0.2) is 4.98 Å². The SMILES string of the molecule is Nc1c(Sc2ccccc2)cnc[n+]1[O-]. The molecule has 15 heavy (non-hydrogen) atoms. The molecule has 0 spiro atoms. The maximum atomic E-state index is 11.1. The summed E-state index contributed by atoms with van der Waals surface area (Å²) < 4.78 is 0.561. The van der Waals surface area contributed by atoms with Crippen LogP contribution in [0.2, 0.25) is 0 Å². The minimum absolute atomic E-state index is 0.179. The van der Waals surface area contributed by atoms with E-state index in [4.69, 9.17) is 5.73 Å². The van der Waals surface area contributed by atoms with Gasteiger partial charge in [0.05, 0.1) is 0 Å². The van der Waals surface area contributed by atoms with E-state index < -0.39 is 0 Å². The predicted molar refractivity (Wildman–Crippen MR) is 58.2 cm³/mol. The standard InChI is InChI=1S/C10H9N3OS/c11-10-9(6-12-7-13(10)14)15-8-4-2-1-3-5-8/h1-7H,11H2. The van der Waals surface area contributed by atoms with E-state index in [0.29, 0.717) is 9.63 Å². The van der Waals surface area contributed by atoms with Crippen molar-refractivity contribution in [2.24, 2.45) is 0 Å². The van der Waals surface area contributed by atoms with Gasteiger partial charge in [0.1, 0.15) is 11.1 Å². The van der Waals surface area contributed by atoms with E-state index in [0.717, 1.165) is 11.2 Å². The molecule has 2 N–H and O–H groups in total. The van der Waals surface area contributed by atoms with Crippen molar-refractivity contribution in [1.29, 1.82) is 0 Å². The molecule has 2 aromatic rings. The smallest absolute Gasteiger partial charge is 0.236 e. The van der Waals surface area contributed by atoms with E-state index in [1.54, 1.807) is 6.20 Å². The summed E-state index contributed by atoms with van der Waals surface area (Å²) in [5, 5.41) is 11.1. The van der Waals surface area contributed by atoms with Gasteiger partial charge in [-0.15, -0.1) is 4.98 Å². The summed E-state index contributed by atoms with van der Waals surface area (Å²) in [5.74, 6) is 0.179. The summed E-state index contributed by atoms with van der Waals surface area (Å²) in [7, 11) is 0. The van der Waals surface area contributed by atoms with Gasteiger partial charge in [-0.3, -0.25) is 4.73 Å². The number of nitrogens with two attached hydrogens (primary N) is 1. The van der Waals surface area contributed by atoms with Crippen molar-refractivity contribution in [3.8, 4) is 0 Å². The van der Waals surface area contributed by atoms with Crippen molar-refractivity contribution in [2.45, 2.75) is 9.79 Å². The number of aromatic nitrogens is 2. The van der Waals surface area contributed by atoms with Gasteiger partial charge in [0.25, 0.3) is 0 Å². The lowest BCUT2D eigenvalue weighted by Gasteiger charge is -2.07. The van der Waals surface area contributed by atoms with Gasteiger partial charge in [-0.05, 0) is 12.1 Å². The number of hydrogen-bond acceptors (Lipinski definition) is 4. The molecule has 2 rings (SSSR count). The first-order valence-corrected chi connectivity index (χ1v) is 5.14. The predicted octanol–water partition coefficient (Wildman–Crippen LogP) is 1.45. The molecule has 1 heterocycles. The van der Waals surface area contributed by atoms with Crippen LogP contribution in [0.5, 0.6) is 0 Å². The third kappa shape index (κ3) is 2.19. The lowest BCUT2D eigenvalue weighted by atomic mass is 10.4. The third-order valence-electron chi connectivity index (χ3n) is 1.82. The van der Waals surface area contributed by atoms with Crippen molar-refractivity contribution in [3.63, 3.8) is 0 Å². The molecule has 0 saturated carbocycles. The molecule has 0 unspecified atom stereocenters. The summed E-state index contributed by atoms with van der Waals surface area (Å²) in [6.07, 6.45) is 2.73. The van der Waals surface area contributed by atoms with Gasteiger partial charge in [-0.1, -0.05) is 30.0 Å². The Balaban J connectivity index is 2.29. The van der Waals surface area contributed by atoms with Crippen LogP contribution in [0.1, 0.15) is 0 Å². The monoisotopic (exact) mass is 219 g/mol. The fourth-order valence-corrected chi connectivity index (χ4v) is 1.95. The number of benzene rings is 1. The Morgan fingerprint density at radius 1 is 1.27 bits per heavy atom. The Kier molecular flexibility index (Phi) is 2.73. The van der Waals surface area contributed by atoms with Gasteiger partial charge in [0.15, 0.2) is 0 Å². The van der Waals surface area contributed by atoms with E-state index in [1.807, 2.05) is 30.3 Å². The van der Waals surface area contributed by atoms with E-state index in [-0.39, 0.29) is 5.82 Å². The molecule has 1 aromatic carbocycles. The van der Waals surface area contributed by atoms with E-state index >= 15 is 0 Å². The van der Waals surface area contributed by atoms with Crippen LogP contribution < -0.4 is 10.5 Å². The van der Waals surface area contributed by atoms with Crippen LogP contribution in [0, 0.1) is 5.21 Å². The number of nitrogens with zero attached hydrogens (tertiary/aromatic N) is 2. The molecule has 0 bridgehead atoms. The van der Waals surface area contributed by atoms with Gasteiger partial charge < -0.3 is 10.9 Å². The summed E-state index contributed by atoms with van der Waals surface area (Å²) in [6.45, 7) is 0. The van der Waals surface area contributed by atoms with Crippen LogP contribution in [0.15, 0.2) is 52.6 Å². The first-order valence-electron chi connectivity index (χ1n) is 4.33. The molecule has 5 heteroatoms. The zero-order valence-electron chi connectivity index (χ0n) is 7.83. The van der Waals surface area contributed by atoms with Crippen LogP contribution in [0.3, 0.4) is 0 Å². The van der Waals surface area contributed by atoms with Gasteiger partial charge >= 0.3 is 0 Å². The fourth-order valence-electron chi connectivity index (χ4n) is 1.09. The van der Waals surface area contributed by atoms with Gasteiger partial charge in [-0.25, -0.2) is 0 Å². The lowest BCUT2D eigenvalue weighted by molar-refractivity contribution is -0.595. The molecule has 0 aliphatic carbocycles. The van der Waals surface area contributed by atoms with Crippen LogP contribution in [-0.2, 0) is 0 Å². The maximum Gasteiger partial charge on any atom is 0.236 e. The van der Waals surface area contributed by atoms with Crippen LogP contribution in [0.4, 0.5) is 5.82 Å². The normalized spacial score (nSPS) is 10.1. The molecule has 0 fully saturated rings. The summed E-state index contributed by atoms with van der Waals surface area (Å²) >= 11 is 1.42. The Morgan fingerprint density at radius 2 is 2.00 bits per heavy atom. The van der Waals surface area contributed by atoms with Crippen molar-refractivity contribution in [1.82, 2.24) is 4.98 Å². The molecule has 4 nitrogen and oxygen atoms in total. The highest BCUT2D eigenvalue weighted by Crippen LogP contribution is 2.28. The second-order valence-corrected chi connectivity index (χ2v) is 4.00. The van der Waals surface area contributed by atoms with Gasteiger partial charge in [0.2, 0.25) is 12.1 Å². The zero-order valence-corrected chi connectivity index (χ0v) is 8.65. The second kappa shape index (κ2) is 4.18. The molecule has 0 atom stereocenters. The third-order valence-corrected chi connectivity index (χ3v) is 2.87. The lowest BCUT2D eigenvalue weighted by Crippen LogP contribution is -2.31. The summed E-state index contributed by atoms with van der Waals surface area (Å²) in [4.78, 5) is 5.48. The molecular weight excluding hydrogens is 210 g/mol. The largest absolute Gasteiger partial charge is 0.740 e. The maximum absolute atomic E-state index is 11.1. The highest BCUT2D eigenvalue weighted by atomic mass is 32.2. The van der Waals surface area contributed by atoms with Crippen molar-refractivity contribution >= 4 is 17.6 Å². The molecule has 76 valence electrons. The fraction of sp³-hybridized carbons (Fsp3) is 0. The molecule has 0 radical (unpaired) electrons. The topological polar surface area (TPSA) is 65.8 Å². The molecular formula is C10H9N3OS. The molecule has 0 aliphatic rings. The number of nitrogen functional groups attached to an aromatic ring is 1. The Hall–Kier alpha value is -1.75. The minimum atomic E-state index is 0.179. The number of anilines is 1. The Bertz CT molecular complexity index is 461. The average Bonchev–Trinajstić information content (AvgIpc) is 2.26. The zero-order chi connectivity index (χ0) is 10.7. The Labute approximate surface area is 91.3 Å². The van der Waals surface area contributed by atoms with Gasteiger partial charge in [0, 0.05) is 4.90 Å². The Morgan fingerprint density at radius 3 is 2.73 bits per heavy atom. The molecule has 1 aromatic heterocycles. The number of hydrogen-bond donors (Lipinski definition) is 1. The van der Waals surface area contributed by atoms with Crippen molar-refractivity contribution in [3.05, 3.63) is 48.1 Å². The number of rotatable bonds is 2. The van der Waals surface area contributed by atoms with Crippen LogP contribution in [0.25, 0.3) is 0 Å². The first kappa shape index (κ1) is 9.79. The second-order valence-electron chi connectivity index (χ2n) is 2.88. The van der Waals surface area contributed by atoms with Gasteiger partial charge in [-0.2, -0.15) is 0 Å². The average molecular weight is 219 g/mol.